The zero-order valence-corrected chi connectivity index (χ0v) is 20.2. The summed E-state index contributed by atoms with van der Waals surface area (Å²) < 4.78 is 17.6. The van der Waals surface area contributed by atoms with Gasteiger partial charge in [0.2, 0.25) is 11.8 Å². The number of furan rings is 1. The van der Waals surface area contributed by atoms with Crippen LogP contribution in [-0.2, 0) is 25.6 Å². The number of benzene rings is 1. The normalized spacial score (nSPS) is 14.3. The second-order valence-electron chi connectivity index (χ2n) is 8.35. The largest absolute Gasteiger partial charge is 0.467 e. The molecule has 1 N–H and O–H groups in total. The fourth-order valence-corrected chi connectivity index (χ4v) is 4.17. The number of nitrogens with zero attached hydrogens (tertiary/aromatic N) is 3. The summed E-state index contributed by atoms with van der Waals surface area (Å²) in [6, 6.07) is 12.2. The zero-order chi connectivity index (χ0) is 25.3. The van der Waals surface area contributed by atoms with Crippen molar-refractivity contribution in [2.75, 3.05) is 32.9 Å². The Morgan fingerprint density at radius 3 is 2.56 bits per heavy atom. The van der Waals surface area contributed by atoms with Gasteiger partial charge in [0.05, 0.1) is 50.7 Å². The van der Waals surface area contributed by atoms with Gasteiger partial charge in [-0.05, 0) is 19.1 Å². The number of nitrogens with one attached hydrogen (secondary N) is 1. The van der Waals surface area contributed by atoms with Crippen molar-refractivity contribution in [1.82, 2.24) is 19.8 Å². The molecular formula is C26H30N4O6. The number of carbonyl (C=O) groups excluding carboxylic acids is 3. The van der Waals surface area contributed by atoms with Crippen molar-refractivity contribution in [2.45, 2.75) is 32.4 Å². The van der Waals surface area contributed by atoms with Crippen molar-refractivity contribution in [2.24, 2.45) is 0 Å². The van der Waals surface area contributed by atoms with E-state index >= 15 is 0 Å². The van der Waals surface area contributed by atoms with Gasteiger partial charge in [0.15, 0.2) is 5.69 Å². The molecule has 3 heterocycles. The molecule has 1 unspecified atom stereocenters. The zero-order valence-electron chi connectivity index (χ0n) is 20.2. The number of hydrogen-bond acceptors (Lipinski definition) is 7. The molecule has 0 bridgehead atoms. The molecule has 1 aliphatic heterocycles. The van der Waals surface area contributed by atoms with E-state index in [1.165, 1.54) is 6.33 Å². The summed E-state index contributed by atoms with van der Waals surface area (Å²) in [6.07, 6.45) is 3.12. The average Bonchev–Trinajstić information content (AvgIpc) is 3.59. The molecule has 0 spiro atoms. The molecule has 10 nitrogen and oxygen atoms in total. The van der Waals surface area contributed by atoms with Crippen LogP contribution in [0.15, 0.2) is 59.5 Å². The van der Waals surface area contributed by atoms with Gasteiger partial charge in [-0.1, -0.05) is 30.3 Å². The lowest BCUT2D eigenvalue weighted by atomic mass is 10.0. The van der Waals surface area contributed by atoms with E-state index in [1.807, 2.05) is 30.3 Å². The molecule has 1 atom stereocenters. The van der Waals surface area contributed by atoms with Gasteiger partial charge in [0.25, 0.3) is 0 Å². The summed E-state index contributed by atoms with van der Waals surface area (Å²) in [4.78, 5) is 44.9. The van der Waals surface area contributed by atoms with E-state index in [9.17, 15) is 14.4 Å². The molecule has 2 amide bonds. The highest BCUT2D eigenvalue weighted by Gasteiger charge is 2.29. The third-order valence-electron chi connectivity index (χ3n) is 5.94. The molecule has 0 saturated carbocycles. The molecule has 4 rings (SSSR count). The number of morpholine rings is 1. The van der Waals surface area contributed by atoms with Crippen LogP contribution in [0.4, 0.5) is 0 Å². The first-order valence-electron chi connectivity index (χ1n) is 12.0. The quantitative estimate of drug-likeness (QED) is 0.431. The van der Waals surface area contributed by atoms with Crippen LogP contribution >= 0.6 is 0 Å². The molecule has 2 aromatic heterocycles. The molecule has 1 fully saturated rings. The summed E-state index contributed by atoms with van der Waals surface area (Å²) in [5.74, 6) is -0.277. The average molecular weight is 495 g/mol. The number of aromatic nitrogens is 2. The first-order valence-corrected chi connectivity index (χ1v) is 12.0. The topological polar surface area (TPSA) is 116 Å². The van der Waals surface area contributed by atoms with Gasteiger partial charge < -0.3 is 28.7 Å². The van der Waals surface area contributed by atoms with Crippen LogP contribution in [0.25, 0.3) is 11.3 Å². The molecule has 1 saturated heterocycles. The van der Waals surface area contributed by atoms with Gasteiger partial charge in [0, 0.05) is 31.5 Å². The Labute approximate surface area is 209 Å². The van der Waals surface area contributed by atoms with E-state index in [2.05, 4.69) is 10.3 Å². The second kappa shape index (κ2) is 12.2. The van der Waals surface area contributed by atoms with E-state index in [-0.39, 0.29) is 43.5 Å². The van der Waals surface area contributed by atoms with Gasteiger partial charge in [-0.2, -0.15) is 0 Å². The van der Waals surface area contributed by atoms with Gasteiger partial charge >= 0.3 is 5.97 Å². The molecule has 0 aliphatic carbocycles. The summed E-state index contributed by atoms with van der Waals surface area (Å²) in [5, 5.41) is 2.84. The van der Waals surface area contributed by atoms with Gasteiger partial charge in [0.1, 0.15) is 5.76 Å². The lowest BCUT2D eigenvalue weighted by Gasteiger charge is -2.29. The lowest BCUT2D eigenvalue weighted by molar-refractivity contribution is -0.136. The number of imidazole rings is 1. The predicted octanol–water partition coefficient (Wildman–Crippen LogP) is 2.82. The molecule has 190 valence electrons. The van der Waals surface area contributed by atoms with Gasteiger partial charge in [-0.25, -0.2) is 9.78 Å². The number of rotatable bonds is 10. The van der Waals surface area contributed by atoms with Crippen LogP contribution in [0, 0.1) is 0 Å². The minimum absolute atomic E-state index is 0.00917. The summed E-state index contributed by atoms with van der Waals surface area (Å²) in [6.45, 7) is 4.12. The molecule has 36 heavy (non-hydrogen) atoms. The van der Waals surface area contributed by atoms with Crippen LogP contribution < -0.4 is 5.32 Å². The Morgan fingerprint density at radius 2 is 1.86 bits per heavy atom. The minimum Gasteiger partial charge on any atom is -0.467 e. The standard InChI is InChI=1S/C26H30N4O6/c1-2-35-26(33)24-25(19-7-4-3-5-8-19)30(18-28-24)20(16-23(32)29-10-13-34-14-11-29)15-22(31)27-17-21-9-6-12-36-21/h3-9,12,18,20H,2,10-11,13-17H2,1H3,(H,27,31). The molecule has 1 aromatic carbocycles. The first kappa shape index (κ1) is 25.2. The Hall–Kier alpha value is -3.92. The highest BCUT2D eigenvalue weighted by molar-refractivity contribution is 5.94. The number of ether oxygens (including phenoxy) is 2. The number of amides is 2. The SMILES string of the molecule is CCOC(=O)c1ncn(C(CC(=O)NCc2ccco2)CC(=O)N2CCOCC2)c1-c1ccccc1. The van der Waals surface area contributed by atoms with E-state index in [0.29, 0.717) is 37.8 Å². The van der Waals surface area contributed by atoms with Crippen molar-refractivity contribution in [3.05, 3.63) is 66.5 Å². The van der Waals surface area contributed by atoms with E-state index in [1.54, 1.807) is 34.8 Å². The number of hydrogen-bond donors (Lipinski definition) is 1. The predicted molar refractivity (Wildman–Crippen MR) is 130 cm³/mol. The first-order chi connectivity index (χ1) is 17.6. The van der Waals surface area contributed by atoms with Crippen molar-refractivity contribution < 1.29 is 28.3 Å². The fraction of sp³-hybridized carbons (Fsp3) is 0.385. The van der Waals surface area contributed by atoms with Crippen molar-refractivity contribution >= 4 is 17.8 Å². The third kappa shape index (κ3) is 6.19. The minimum atomic E-state index is -0.581. The fourth-order valence-electron chi connectivity index (χ4n) is 4.17. The maximum Gasteiger partial charge on any atom is 0.359 e. The molecule has 0 radical (unpaired) electrons. The van der Waals surface area contributed by atoms with Gasteiger partial charge in [-0.15, -0.1) is 0 Å². The Kier molecular flexibility index (Phi) is 8.51. The third-order valence-corrected chi connectivity index (χ3v) is 5.94. The van der Waals surface area contributed by atoms with Crippen molar-refractivity contribution in [1.29, 1.82) is 0 Å². The monoisotopic (exact) mass is 494 g/mol. The number of esters is 1. The molecule has 3 aromatic rings. The second-order valence-corrected chi connectivity index (χ2v) is 8.35. The van der Waals surface area contributed by atoms with Crippen LogP contribution in [0.2, 0.25) is 0 Å². The van der Waals surface area contributed by atoms with E-state index in [0.717, 1.165) is 5.56 Å². The summed E-state index contributed by atoms with van der Waals surface area (Å²) >= 11 is 0. The van der Waals surface area contributed by atoms with Crippen molar-refractivity contribution in [3.63, 3.8) is 0 Å². The maximum atomic E-state index is 13.2. The Balaban J connectivity index is 1.64. The summed E-state index contributed by atoms with van der Waals surface area (Å²) in [7, 11) is 0. The Morgan fingerprint density at radius 1 is 1.08 bits per heavy atom. The maximum absolute atomic E-state index is 13.2. The van der Waals surface area contributed by atoms with Crippen LogP contribution in [-0.4, -0.2) is 65.1 Å². The van der Waals surface area contributed by atoms with Crippen LogP contribution in [0.3, 0.4) is 0 Å². The van der Waals surface area contributed by atoms with Crippen molar-refractivity contribution in [3.8, 4) is 11.3 Å². The molecular weight excluding hydrogens is 464 g/mol. The lowest BCUT2D eigenvalue weighted by Crippen LogP contribution is -2.41. The summed E-state index contributed by atoms with van der Waals surface area (Å²) in [5.41, 5.74) is 1.38. The number of carbonyl (C=O) groups is 3. The molecule has 1 aliphatic rings. The highest BCUT2D eigenvalue weighted by atomic mass is 16.5. The van der Waals surface area contributed by atoms with Gasteiger partial charge in [-0.3, -0.25) is 9.59 Å². The van der Waals surface area contributed by atoms with Crippen LogP contribution in [0.1, 0.15) is 42.1 Å². The molecule has 10 heteroatoms. The Bertz CT molecular complexity index is 1150. The van der Waals surface area contributed by atoms with E-state index in [4.69, 9.17) is 13.9 Å². The van der Waals surface area contributed by atoms with Crippen LogP contribution in [0.5, 0.6) is 0 Å². The highest BCUT2D eigenvalue weighted by Crippen LogP contribution is 2.30. The smallest absolute Gasteiger partial charge is 0.359 e. The van der Waals surface area contributed by atoms with E-state index < -0.39 is 12.0 Å².